The summed E-state index contributed by atoms with van der Waals surface area (Å²) >= 11 is 0. The molecular formula is C20H17NO2. The van der Waals surface area contributed by atoms with Gasteiger partial charge in [0.1, 0.15) is 0 Å². The highest BCUT2D eigenvalue weighted by Crippen LogP contribution is 2.19. The lowest BCUT2D eigenvalue weighted by Gasteiger charge is -2.09. The number of benzene rings is 2. The first-order chi connectivity index (χ1) is 11.1. The Kier molecular flexibility index (Phi) is 4.20. The molecule has 0 aliphatic rings. The number of hydrogen-bond donors (Lipinski definition) is 0. The van der Waals surface area contributed by atoms with Crippen LogP contribution in [-0.4, -0.2) is 10.4 Å². The largest absolute Gasteiger partial charge is 0.310 e. The lowest BCUT2D eigenvalue weighted by Crippen LogP contribution is -2.19. The summed E-state index contributed by atoms with van der Waals surface area (Å²) in [5.74, 6) is 0.0468. The number of hydrogen-bond acceptors (Lipinski definition) is 2. The van der Waals surface area contributed by atoms with Crippen LogP contribution in [0.1, 0.15) is 22.8 Å². The summed E-state index contributed by atoms with van der Waals surface area (Å²) in [4.78, 5) is 23.4. The maximum Gasteiger partial charge on any atom is 0.250 e. The molecule has 3 heteroatoms. The molecule has 0 amide bonds. The molecule has 23 heavy (non-hydrogen) atoms. The molecule has 3 rings (SSSR count). The minimum Gasteiger partial charge on any atom is -0.310 e. The predicted octanol–water partition coefficient (Wildman–Crippen LogP) is 3.77. The van der Waals surface area contributed by atoms with Gasteiger partial charge in [0.2, 0.25) is 0 Å². The average Bonchev–Trinajstić information content (AvgIpc) is 2.58. The summed E-state index contributed by atoms with van der Waals surface area (Å²) in [6.07, 6.45) is 1.86. The van der Waals surface area contributed by atoms with Crippen LogP contribution in [0.25, 0.3) is 11.1 Å². The zero-order valence-corrected chi connectivity index (χ0v) is 12.9. The summed E-state index contributed by atoms with van der Waals surface area (Å²) in [6, 6.07) is 20.7. The summed E-state index contributed by atoms with van der Waals surface area (Å²) in [5, 5.41) is 0. The van der Waals surface area contributed by atoms with Gasteiger partial charge < -0.3 is 4.57 Å². The van der Waals surface area contributed by atoms with E-state index in [1.807, 2.05) is 66.9 Å². The molecule has 0 aliphatic heterocycles. The van der Waals surface area contributed by atoms with Crippen molar-refractivity contribution >= 4 is 5.78 Å². The highest BCUT2D eigenvalue weighted by molar-refractivity contribution is 5.94. The van der Waals surface area contributed by atoms with Crippen molar-refractivity contribution in [2.24, 2.45) is 0 Å². The van der Waals surface area contributed by atoms with Crippen LogP contribution in [-0.2, 0) is 6.54 Å². The Hall–Kier alpha value is -2.94. The van der Waals surface area contributed by atoms with Crippen molar-refractivity contribution < 1.29 is 4.79 Å². The number of Topliss-reactive ketones (excluding diaryl/α,β-unsaturated/α-hetero) is 1. The summed E-state index contributed by atoms with van der Waals surface area (Å²) < 4.78 is 1.70. The van der Waals surface area contributed by atoms with E-state index < -0.39 is 0 Å². The van der Waals surface area contributed by atoms with E-state index in [4.69, 9.17) is 0 Å². The van der Waals surface area contributed by atoms with Gasteiger partial charge in [-0.1, -0.05) is 54.6 Å². The normalized spacial score (nSPS) is 10.5. The van der Waals surface area contributed by atoms with Crippen LogP contribution in [0.5, 0.6) is 0 Å². The molecule has 0 radical (unpaired) electrons. The van der Waals surface area contributed by atoms with Crippen molar-refractivity contribution in [1.29, 1.82) is 0 Å². The lowest BCUT2D eigenvalue weighted by atomic mass is 10.0. The standard InChI is InChI=1S/C20H17NO2/c1-15(22)17-7-9-18(10-8-17)19-11-12-20(23)21(14-19)13-16-5-3-2-4-6-16/h2-12,14H,13H2,1H3. The van der Waals surface area contributed by atoms with E-state index in [0.717, 1.165) is 16.7 Å². The van der Waals surface area contributed by atoms with E-state index in [0.29, 0.717) is 12.1 Å². The van der Waals surface area contributed by atoms with Crippen LogP contribution in [0.2, 0.25) is 0 Å². The van der Waals surface area contributed by atoms with Crippen LogP contribution in [0.4, 0.5) is 0 Å². The first-order valence-corrected chi connectivity index (χ1v) is 7.49. The fourth-order valence-corrected chi connectivity index (χ4v) is 2.50. The van der Waals surface area contributed by atoms with Gasteiger partial charge in [0.05, 0.1) is 6.54 Å². The van der Waals surface area contributed by atoms with Crippen molar-refractivity contribution in [2.75, 3.05) is 0 Å². The minimum atomic E-state index is -0.0297. The summed E-state index contributed by atoms with van der Waals surface area (Å²) in [5.41, 5.74) is 3.68. The van der Waals surface area contributed by atoms with Crippen molar-refractivity contribution in [2.45, 2.75) is 13.5 Å². The first-order valence-electron chi connectivity index (χ1n) is 7.49. The molecule has 0 N–H and O–H groups in total. The number of ketones is 1. The van der Waals surface area contributed by atoms with Crippen LogP contribution >= 0.6 is 0 Å². The lowest BCUT2D eigenvalue weighted by molar-refractivity contribution is 0.101. The van der Waals surface area contributed by atoms with Crippen molar-refractivity contribution in [3.05, 3.63) is 94.4 Å². The van der Waals surface area contributed by atoms with Gasteiger partial charge in [-0.2, -0.15) is 0 Å². The fraction of sp³-hybridized carbons (Fsp3) is 0.100. The van der Waals surface area contributed by atoms with Gasteiger partial charge in [0.15, 0.2) is 5.78 Å². The number of carbonyl (C=O) groups excluding carboxylic acids is 1. The molecule has 2 aromatic carbocycles. The van der Waals surface area contributed by atoms with Crippen LogP contribution in [0.15, 0.2) is 77.7 Å². The molecule has 0 saturated carbocycles. The number of nitrogens with zero attached hydrogens (tertiary/aromatic N) is 1. The Balaban J connectivity index is 1.93. The Bertz CT molecular complexity index is 878. The van der Waals surface area contributed by atoms with Crippen molar-refractivity contribution in [3.63, 3.8) is 0 Å². The second kappa shape index (κ2) is 6.44. The topological polar surface area (TPSA) is 39.1 Å². The van der Waals surface area contributed by atoms with Crippen LogP contribution < -0.4 is 5.56 Å². The van der Waals surface area contributed by atoms with Crippen molar-refractivity contribution in [1.82, 2.24) is 4.57 Å². The molecule has 0 aliphatic carbocycles. The molecule has 0 saturated heterocycles. The van der Waals surface area contributed by atoms with Gasteiger partial charge in [0.25, 0.3) is 5.56 Å². The average molecular weight is 303 g/mol. The Morgan fingerprint density at radius 2 is 1.52 bits per heavy atom. The molecule has 0 spiro atoms. The number of rotatable bonds is 4. The highest BCUT2D eigenvalue weighted by Gasteiger charge is 2.04. The zero-order chi connectivity index (χ0) is 16.2. The van der Waals surface area contributed by atoms with Gasteiger partial charge in [-0.25, -0.2) is 0 Å². The first kappa shape index (κ1) is 15.0. The van der Waals surface area contributed by atoms with Gasteiger partial charge in [-0.3, -0.25) is 9.59 Å². The van der Waals surface area contributed by atoms with E-state index in [9.17, 15) is 9.59 Å². The molecular weight excluding hydrogens is 286 g/mol. The van der Waals surface area contributed by atoms with Gasteiger partial charge >= 0.3 is 0 Å². The van der Waals surface area contributed by atoms with Gasteiger partial charge in [-0.15, -0.1) is 0 Å². The second-order valence-corrected chi connectivity index (χ2v) is 5.50. The molecule has 0 unspecified atom stereocenters. The maximum absolute atomic E-state index is 12.1. The Morgan fingerprint density at radius 3 is 2.17 bits per heavy atom. The third-order valence-electron chi connectivity index (χ3n) is 3.80. The highest BCUT2D eigenvalue weighted by atomic mass is 16.1. The monoisotopic (exact) mass is 303 g/mol. The molecule has 114 valence electrons. The number of aromatic nitrogens is 1. The van der Waals surface area contributed by atoms with E-state index in [1.165, 1.54) is 0 Å². The predicted molar refractivity (Wildman–Crippen MR) is 91.7 cm³/mol. The second-order valence-electron chi connectivity index (χ2n) is 5.50. The Morgan fingerprint density at radius 1 is 0.870 bits per heavy atom. The van der Waals surface area contributed by atoms with E-state index in [2.05, 4.69) is 0 Å². The molecule has 1 aromatic heterocycles. The smallest absolute Gasteiger partial charge is 0.250 e. The number of carbonyl (C=O) groups is 1. The summed E-state index contributed by atoms with van der Waals surface area (Å²) in [7, 11) is 0. The van der Waals surface area contributed by atoms with Gasteiger partial charge in [-0.05, 0) is 29.7 Å². The quantitative estimate of drug-likeness (QED) is 0.688. The molecule has 0 fully saturated rings. The van der Waals surface area contributed by atoms with Crippen LogP contribution in [0, 0.1) is 0 Å². The van der Waals surface area contributed by atoms with E-state index >= 15 is 0 Å². The Labute approximate surface area is 134 Å². The maximum atomic E-state index is 12.1. The zero-order valence-electron chi connectivity index (χ0n) is 12.9. The molecule has 3 aromatic rings. The van der Waals surface area contributed by atoms with E-state index in [1.54, 1.807) is 17.6 Å². The molecule has 3 nitrogen and oxygen atoms in total. The van der Waals surface area contributed by atoms with Gasteiger partial charge in [0, 0.05) is 17.8 Å². The molecule has 0 atom stereocenters. The van der Waals surface area contributed by atoms with Crippen molar-refractivity contribution in [3.8, 4) is 11.1 Å². The fourth-order valence-electron chi connectivity index (χ4n) is 2.50. The third kappa shape index (κ3) is 3.46. The third-order valence-corrected chi connectivity index (χ3v) is 3.80. The number of pyridine rings is 1. The SMILES string of the molecule is CC(=O)c1ccc(-c2ccc(=O)n(Cc3ccccc3)c2)cc1. The molecule has 1 heterocycles. The molecule has 0 bridgehead atoms. The van der Waals surface area contributed by atoms with E-state index in [-0.39, 0.29) is 11.3 Å². The summed E-state index contributed by atoms with van der Waals surface area (Å²) in [6.45, 7) is 2.09. The van der Waals surface area contributed by atoms with Crippen LogP contribution in [0.3, 0.4) is 0 Å². The minimum absolute atomic E-state index is 0.0297.